The smallest absolute Gasteiger partial charge is 0.0705 e. The Morgan fingerprint density at radius 1 is 0.920 bits per heavy atom. The first kappa shape index (κ1) is 18.4. The minimum Gasteiger partial charge on any atom is -0.329 e. The minimum atomic E-state index is 0.769. The fraction of sp³-hybridized carbons (Fsp3) is 0.450. The van der Waals surface area contributed by atoms with Crippen molar-refractivity contribution in [2.45, 2.75) is 5.75 Å². The Morgan fingerprint density at radius 2 is 1.64 bits per heavy atom. The third-order valence-corrected chi connectivity index (χ3v) is 5.66. The van der Waals surface area contributed by atoms with Crippen LogP contribution in [0.4, 0.5) is 0 Å². The number of aromatic nitrogens is 1. The van der Waals surface area contributed by atoms with E-state index in [1.54, 1.807) is 0 Å². The average Bonchev–Trinajstić information content (AvgIpc) is 2.68. The number of benzene rings is 1. The van der Waals surface area contributed by atoms with Gasteiger partial charge in [0.2, 0.25) is 0 Å². The van der Waals surface area contributed by atoms with Gasteiger partial charge in [-0.05, 0) is 17.7 Å². The molecule has 25 heavy (non-hydrogen) atoms. The van der Waals surface area contributed by atoms with Crippen molar-refractivity contribution in [1.29, 1.82) is 0 Å². The highest BCUT2D eigenvalue weighted by molar-refractivity contribution is 7.98. The third-order valence-electron chi connectivity index (χ3n) is 4.68. The van der Waals surface area contributed by atoms with Gasteiger partial charge in [-0.1, -0.05) is 30.3 Å². The Bertz CT molecular complexity index is 627. The zero-order valence-corrected chi connectivity index (χ0v) is 15.6. The fourth-order valence-corrected chi connectivity index (χ4v) is 4.22. The zero-order chi connectivity index (χ0) is 17.3. The molecule has 134 valence electrons. The van der Waals surface area contributed by atoms with E-state index in [-0.39, 0.29) is 0 Å². The average molecular weight is 357 g/mol. The molecule has 1 aromatic heterocycles. The van der Waals surface area contributed by atoms with Gasteiger partial charge >= 0.3 is 0 Å². The second kappa shape index (κ2) is 9.92. The monoisotopic (exact) mass is 356 g/mol. The number of hydrogen-bond acceptors (Lipinski definition) is 5. The van der Waals surface area contributed by atoms with Crippen LogP contribution in [0.25, 0.3) is 11.3 Å². The number of pyridine rings is 1. The van der Waals surface area contributed by atoms with E-state index in [1.165, 1.54) is 36.5 Å². The van der Waals surface area contributed by atoms with E-state index in [4.69, 9.17) is 5.73 Å². The van der Waals surface area contributed by atoms with Gasteiger partial charge in [-0.15, -0.1) is 0 Å². The summed E-state index contributed by atoms with van der Waals surface area (Å²) in [6, 6.07) is 14.7. The van der Waals surface area contributed by atoms with E-state index < -0.39 is 0 Å². The van der Waals surface area contributed by atoms with Gasteiger partial charge in [0.25, 0.3) is 0 Å². The summed E-state index contributed by atoms with van der Waals surface area (Å²) in [6.07, 6.45) is 1.86. The van der Waals surface area contributed by atoms with E-state index in [2.05, 4.69) is 51.2 Å². The highest BCUT2D eigenvalue weighted by atomic mass is 32.2. The molecule has 0 radical (unpaired) electrons. The molecule has 1 saturated heterocycles. The Morgan fingerprint density at radius 3 is 2.36 bits per heavy atom. The van der Waals surface area contributed by atoms with Crippen LogP contribution in [0.5, 0.6) is 0 Å². The van der Waals surface area contributed by atoms with E-state index in [0.29, 0.717) is 0 Å². The van der Waals surface area contributed by atoms with Crippen LogP contribution in [0.1, 0.15) is 5.56 Å². The van der Waals surface area contributed by atoms with Crippen molar-refractivity contribution in [3.05, 3.63) is 54.2 Å². The Labute approximate surface area is 155 Å². The van der Waals surface area contributed by atoms with Gasteiger partial charge < -0.3 is 5.73 Å². The lowest BCUT2D eigenvalue weighted by molar-refractivity contribution is 0.141. The number of rotatable bonds is 8. The minimum absolute atomic E-state index is 0.769. The van der Waals surface area contributed by atoms with Gasteiger partial charge in [-0.3, -0.25) is 14.8 Å². The molecule has 0 aliphatic carbocycles. The summed E-state index contributed by atoms with van der Waals surface area (Å²) < 4.78 is 0. The summed E-state index contributed by atoms with van der Waals surface area (Å²) in [4.78, 5) is 9.54. The zero-order valence-electron chi connectivity index (χ0n) is 14.8. The summed E-state index contributed by atoms with van der Waals surface area (Å²) in [5, 5.41) is 0. The molecular weight excluding hydrogens is 328 g/mol. The van der Waals surface area contributed by atoms with Crippen molar-refractivity contribution in [2.75, 3.05) is 51.6 Å². The van der Waals surface area contributed by atoms with Crippen LogP contribution in [0, 0.1) is 0 Å². The topological polar surface area (TPSA) is 45.4 Å². The first-order valence-corrected chi connectivity index (χ1v) is 10.2. The molecule has 2 aromatic rings. The lowest BCUT2D eigenvalue weighted by Gasteiger charge is -2.34. The molecule has 2 N–H and O–H groups in total. The van der Waals surface area contributed by atoms with Gasteiger partial charge in [-0.25, -0.2) is 0 Å². The molecule has 0 saturated carbocycles. The largest absolute Gasteiger partial charge is 0.329 e. The number of thioether (sulfide) groups is 1. The molecule has 0 unspecified atom stereocenters. The Kier molecular flexibility index (Phi) is 7.30. The second-order valence-electron chi connectivity index (χ2n) is 6.40. The molecule has 0 amide bonds. The molecule has 0 bridgehead atoms. The molecule has 4 nitrogen and oxygen atoms in total. The van der Waals surface area contributed by atoms with E-state index in [1.807, 2.05) is 24.0 Å². The molecule has 0 atom stereocenters. The maximum atomic E-state index is 5.64. The van der Waals surface area contributed by atoms with Crippen molar-refractivity contribution in [3.63, 3.8) is 0 Å². The van der Waals surface area contributed by atoms with Gasteiger partial charge in [0.1, 0.15) is 0 Å². The molecule has 2 heterocycles. The fourth-order valence-electron chi connectivity index (χ4n) is 3.21. The number of hydrogen-bond donors (Lipinski definition) is 1. The predicted molar refractivity (Wildman–Crippen MR) is 108 cm³/mol. The summed E-state index contributed by atoms with van der Waals surface area (Å²) in [5.41, 5.74) is 9.33. The van der Waals surface area contributed by atoms with Crippen molar-refractivity contribution >= 4 is 11.8 Å². The van der Waals surface area contributed by atoms with E-state index in [0.717, 1.165) is 37.6 Å². The maximum absolute atomic E-state index is 5.64. The van der Waals surface area contributed by atoms with Crippen LogP contribution >= 0.6 is 11.8 Å². The second-order valence-corrected chi connectivity index (χ2v) is 7.50. The van der Waals surface area contributed by atoms with Gasteiger partial charge in [0.05, 0.1) is 5.69 Å². The predicted octanol–water partition coefficient (Wildman–Crippen LogP) is 2.56. The van der Waals surface area contributed by atoms with Crippen LogP contribution in [0.15, 0.2) is 48.7 Å². The number of piperazine rings is 1. The summed E-state index contributed by atoms with van der Waals surface area (Å²) in [7, 11) is 0. The van der Waals surface area contributed by atoms with E-state index >= 15 is 0 Å². The number of nitrogens with zero attached hydrogens (tertiary/aromatic N) is 3. The first-order chi connectivity index (χ1) is 12.4. The summed E-state index contributed by atoms with van der Waals surface area (Å²) >= 11 is 2.02. The van der Waals surface area contributed by atoms with Gasteiger partial charge in [-0.2, -0.15) is 11.8 Å². The van der Waals surface area contributed by atoms with Crippen LogP contribution in [-0.2, 0) is 5.75 Å². The Balaban J connectivity index is 1.44. The van der Waals surface area contributed by atoms with Crippen molar-refractivity contribution in [1.82, 2.24) is 14.8 Å². The van der Waals surface area contributed by atoms with Gasteiger partial charge in [0.15, 0.2) is 0 Å². The quantitative estimate of drug-likeness (QED) is 0.737. The molecule has 5 heteroatoms. The molecule has 1 aliphatic rings. The van der Waals surface area contributed by atoms with Crippen LogP contribution in [0.3, 0.4) is 0 Å². The first-order valence-electron chi connectivity index (χ1n) is 9.08. The molecule has 1 aliphatic heterocycles. The molecule has 3 rings (SSSR count). The standard InChI is InChI=1S/C20H28N4S/c21-8-10-23-11-13-24(14-12-23)15-16-25-17-18-5-1-2-6-19(18)20-7-3-4-9-22-20/h1-7,9H,8,10-17,21H2. The lowest BCUT2D eigenvalue weighted by atomic mass is 10.1. The maximum Gasteiger partial charge on any atom is 0.0705 e. The van der Waals surface area contributed by atoms with Crippen LogP contribution < -0.4 is 5.73 Å². The molecular formula is C20H28N4S. The highest BCUT2D eigenvalue weighted by Crippen LogP contribution is 2.25. The van der Waals surface area contributed by atoms with Gasteiger partial charge in [0, 0.05) is 69.1 Å². The van der Waals surface area contributed by atoms with Crippen molar-refractivity contribution < 1.29 is 0 Å². The van der Waals surface area contributed by atoms with Crippen LogP contribution in [0.2, 0.25) is 0 Å². The SMILES string of the molecule is NCCN1CCN(CCSCc2ccccc2-c2ccccn2)CC1. The van der Waals surface area contributed by atoms with Crippen LogP contribution in [-0.4, -0.2) is 66.3 Å². The highest BCUT2D eigenvalue weighted by Gasteiger charge is 2.15. The third kappa shape index (κ3) is 5.54. The lowest BCUT2D eigenvalue weighted by Crippen LogP contribution is -2.48. The normalized spacial score (nSPS) is 16.2. The molecule has 1 fully saturated rings. The molecule has 1 aromatic carbocycles. The van der Waals surface area contributed by atoms with Crippen molar-refractivity contribution in [2.24, 2.45) is 5.73 Å². The molecule has 0 spiro atoms. The summed E-state index contributed by atoms with van der Waals surface area (Å²) in [5.74, 6) is 2.22. The van der Waals surface area contributed by atoms with Crippen molar-refractivity contribution in [3.8, 4) is 11.3 Å². The van der Waals surface area contributed by atoms with E-state index in [9.17, 15) is 0 Å². The Hall–Kier alpha value is -1.40. The number of nitrogens with two attached hydrogens (primary N) is 1. The summed E-state index contributed by atoms with van der Waals surface area (Å²) in [6.45, 7) is 7.64.